The molecule has 1 aromatic carbocycles. The first-order valence-corrected chi connectivity index (χ1v) is 4.98. The number of aryl methyl sites for hydroxylation is 2. The Morgan fingerprint density at radius 1 is 1.33 bits per heavy atom. The van der Waals surface area contributed by atoms with Crippen molar-refractivity contribution in [3.8, 4) is 0 Å². The molecule has 3 heteroatoms. The first-order chi connectivity index (χ1) is 6.89. The van der Waals surface area contributed by atoms with Crippen LogP contribution in [-0.2, 0) is 10.2 Å². The molecule has 1 amide bonds. The van der Waals surface area contributed by atoms with E-state index in [4.69, 9.17) is 5.84 Å². The Hall–Kier alpha value is -1.35. The quantitative estimate of drug-likeness (QED) is 0.438. The number of rotatable bonds is 2. The summed E-state index contributed by atoms with van der Waals surface area (Å²) in [6.07, 6.45) is 0. The van der Waals surface area contributed by atoms with Crippen LogP contribution in [0.2, 0.25) is 0 Å². The van der Waals surface area contributed by atoms with Crippen molar-refractivity contribution in [2.45, 2.75) is 33.1 Å². The summed E-state index contributed by atoms with van der Waals surface area (Å²) in [6.45, 7) is 7.78. The van der Waals surface area contributed by atoms with Crippen LogP contribution in [-0.4, -0.2) is 5.91 Å². The highest BCUT2D eigenvalue weighted by Gasteiger charge is 2.30. The van der Waals surface area contributed by atoms with Gasteiger partial charge in [0.1, 0.15) is 0 Å². The van der Waals surface area contributed by atoms with Gasteiger partial charge < -0.3 is 0 Å². The SMILES string of the molecule is Cc1ccc(C(C)(C)C(=O)NN)c(C)c1. The fourth-order valence-electron chi connectivity index (χ4n) is 1.82. The molecule has 0 atom stereocenters. The highest BCUT2D eigenvalue weighted by molar-refractivity contribution is 5.87. The molecule has 0 aliphatic carbocycles. The molecule has 0 heterocycles. The molecule has 0 radical (unpaired) electrons. The van der Waals surface area contributed by atoms with Gasteiger partial charge in [0.05, 0.1) is 5.41 Å². The number of nitrogens with two attached hydrogens (primary N) is 1. The Balaban J connectivity index is 3.21. The van der Waals surface area contributed by atoms with Crippen LogP contribution < -0.4 is 11.3 Å². The van der Waals surface area contributed by atoms with Gasteiger partial charge in [0, 0.05) is 0 Å². The second-order valence-electron chi connectivity index (χ2n) is 4.42. The Bertz CT molecular complexity index is 383. The van der Waals surface area contributed by atoms with Crippen LogP contribution >= 0.6 is 0 Å². The van der Waals surface area contributed by atoms with Gasteiger partial charge in [-0.3, -0.25) is 10.2 Å². The standard InChI is InChI=1S/C12H18N2O/c1-8-5-6-10(9(2)7-8)12(3,4)11(15)14-13/h5-7H,13H2,1-4H3,(H,14,15). The van der Waals surface area contributed by atoms with E-state index in [0.717, 1.165) is 11.1 Å². The largest absolute Gasteiger partial charge is 0.294 e. The Morgan fingerprint density at radius 2 is 1.93 bits per heavy atom. The molecule has 0 saturated carbocycles. The second kappa shape index (κ2) is 4.03. The number of nitrogens with one attached hydrogen (secondary N) is 1. The zero-order valence-corrected chi connectivity index (χ0v) is 9.72. The van der Waals surface area contributed by atoms with Gasteiger partial charge >= 0.3 is 0 Å². The highest BCUT2D eigenvalue weighted by Crippen LogP contribution is 2.26. The minimum absolute atomic E-state index is 0.172. The van der Waals surface area contributed by atoms with Crippen molar-refractivity contribution in [2.75, 3.05) is 0 Å². The van der Waals surface area contributed by atoms with Gasteiger partial charge in [0.15, 0.2) is 0 Å². The summed E-state index contributed by atoms with van der Waals surface area (Å²) < 4.78 is 0. The lowest BCUT2D eigenvalue weighted by Crippen LogP contribution is -2.44. The zero-order valence-electron chi connectivity index (χ0n) is 9.72. The molecule has 3 N–H and O–H groups in total. The van der Waals surface area contributed by atoms with Crippen LogP contribution in [0, 0.1) is 13.8 Å². The Kier molecular flexibility index (Phi) is 3.15. The van der Waals surface area contributed by atoms with Crippen molar-refractivity contribution in [1.29, 1.82) is 0 Å². The summed E-state index contributed by atoms with van der Waals surface area (Å²) in [5, 5.41) is 0. The minimum atomic E-state index is -0.591. The maximum Gasteiger partial charge on any atom is 0.243 e. The molecule has 0 aliphatic rings. The predicted molar refractivity (Wildman–Crippen MR) is 61.3 cm³/mol. The number of amides is 1. The summed E-state index contributed by atoms with van der Waals surface area (Å²) in [5.74, 6) is 5.00. The minimum Gasteiger partial charge on any atom is -0.294 e. The van der Waals surface area contributed by atoms with E-state index >= 15 is 0 Å². The van der Waals surface area contributed by atoms with Gasteiger partial charge in [-0.05, 0) is 38.8 Å². The van der Waals surface area contributed by atoms with Crippen LogP contribution in [0.25, 0.3) is 0 Å². The average molecular weight is 206 g/mol. The monoisotopic (exact) mass is 206 g/mol. The number of carbonyl (C=O) groups excluding carboxylic acids is 1. The van der Waals surface area contributed by atoms with Crippen LogP contribution in [0.3, 0.4) is 0 Å². The lowest BCUT2D eigenvalue weighted by molar-refractivity contribution is -0.125. The lowest BCUT2D eigenvalue weighted by atomic mass is 9.81. The second-order valence-corrected chi connectivity index (χ2v) is 4.42. The van der Waals surface area contributed by atoms with Gasteiger partial charge in [-0.1, -0.05) is 23.8 Å². The maximum absolute atomic E-state index is 11.6. The van der Waals surface area contributed by atoms with E-state index in [1.807, 2.05) is 39.8 Å². The van der Waals surface area contributed by atoms with E-state index in [1.165, 1.54) is 5.56 Å². The molecule has 0 fully saturated rings. The summed E-state index contributed by atoms with van der Waals surface area (Å²) in [6, 6.07) is 6.06. The first-order valence-electron chi connectivity index (χ1n) is 4.98. The van der Waals surface area contributed by atoms with Gasteiger partial charge in [0.25, 0.3) is 0 Å². The van der Waals surface area contributed by atoms with Gasteiger partial charge in [0.2, 0.25) is 5.91 Å². The molecule has 0 bridgehead atoms. The van der Waals surface area contributed by atoms with Crippen molar-refractivity contribution in [1.82, 2.24) is 5.43 Å². The molecule has 0 spiro atoms. The van der Waals surface area contributed by atoms with Crippen molar-refractivity contribution in [3.05, 3.63) is 34.9 Å². The first kappa shape index (κ1) is 11.7. The van der Waals surface area contributed by atoms with Crippen molar-refractivity contribution in [2.24, 2.45) is 5.84 Å². The van der Waals surface area contributed by atoms with Gasteiger partial charge in [-0.15, -0.1) is 0 Å². The summed E-state index contributed by atoms with van der Waals surface area (Å²) in [5.41, 5.74) is 4.94. The molecule has 0 unspecified atom stereocenters. The van der Waals surface area contributed by atoms with Crippen LogP contribution in [0.5, 0.6) is 0 Å². The highest BCUT2D eigenvalue weighted by atomic mass is 16.2. The zero-order chi connectivity index (χ0) is 11.6. The van der Waals surface area contributed by atoms with Crippen LogP contribution in [0.15, 0.2) is 18.2 Å². The fourth-order valence-corrected chi connectivity index (χ4v) is 1.82. The van der Waals surface area contributed by atoms with E-state index in [9.17, 15) is 4.79 Å². The topological polar surface area (TPSA) is 55.1 Å². The smallest absolute Gasteiger partial charge is 0.243 e. The lowest BCUT2D eigenvalue weighted by Gasteiger charge is -2.25. The number of hydrazine groups is 1. The third-order valence-corrected chi connectivity index (χ3v) is 2.75. The summed E-state index contributed by atoms with van der Waals surface area (Å²) in [7, 11) is 0. The van der Waals surface area contributed by atoms with Crippen molar-refractivity contribution in [3.63, 3.8) is 0 Å². The molecule has 0 aliphatic heterocycles. The summed E-state index contributed by atoms with van der Waals surface area (Å²) >= 11 is 0. The molecule has 82 valence electrons. The maximum atomic E-state index is 11.6. The van der Waals surface area contributed by atoms with Crippen LogP contribution in [0.4, 0.5) is 0 Å². The number of hydrogen-bond donors (Lipinski definition) is 2. The molecule has 1 rings (SSSR count). The van der Waals surface area contributed by atoms with Crippen molar-refractivity contribution >= 4 is 5.91 Å². The van der Waals surface area contributed by atoms with E-state index < -0.39 is 5.41 Å². The molecule has 3 nitrogen and oxygen atoms in total. The number of benzene rings is 1. The normalized spacial score (nSPS) is 11.3. The summed E-state index contributed by atoms with van der Waals surface area (Å²) in [4.78, 5) is 11.6. The molecular weight excluding hydrogens is 188 g/mol. The van der Waals surface area contributed by atoms with Crippen LogP contribution in [0.1, 0.15) is 30.5 Å². The number of carbonyl (C=O) groups is 1. The molecule has 0 aromatic heterocycles. The number of hydrogen-bond acceptors (Lipinski definition) is 2. The van der Waals surface area contributed by atoms with Gasteiger partial charge in [-0.2, -0.15) is 0 Å². The van der Waals surface area contributed by atoms with E-state index in [1.54, 1.807) is 0 Å². The third kappa shape index (κ3) is 2.18. The Morgan fingerprint density at radius 3 is 2.40 bits per heavy atom. The van der Waals surface area contributed by atoms with Gasteiger partial charge in [-0.25, -0.2) is 5.84 Å². The Labute approximate surface area is 90.6 Å². The third-order valence-electron chi connectivity index (χ3n) is 2.75. The van der Waals surface area contributed by atoms with E-state index in [0.29, 0.717) is 0 Å². The molecule has 0 saturated heterocycles. The molecular formula is C12H18N2O. The van der Waals surface area contributed by atoms with E-state index in [-0.39, 0.29) is 5.91 Å². The molecule has 15 heavy (non-hydrogen) atoms. The van der Waals surface area contributed by atoms with E-state index in [2.05, 4.69) is 11.5 Å². The predicted octanol–water partition coefficient (Wildman–Crippen LogP) is 1.57. The van der Waals surface area contributed by atoms with Crippen molar-refractivity contribution < 1.29 is 4.79 Å². The molecule has 1 aromatic rings. The average Bonchev–Trinajstić information content (AvgIpc) is 2.15. The fraction of sp³-hybridized carbons (Fsp3) is 0.417.